The number of piperazine rings is 1. The zero-order valence-electron chi connectivity index (χ0n) is 21.9. The lowest BCUT2D eigenvalue weighted by Gasteiger charge is -2.46. The molecule has 4 aromatic carbocycles. The number of benzene rings is 4. The zero-order chi connectivity index (χ0) is 25.2. The van der Waals surface area contributed by atoms with E-state index in [2.05, 4.69) is 151 Å². The predicted molar refractivity (Wildman–Crippen MR) is 157 cm³/mol. The van der Waals surface area contributed by atoms with E-state index in [1.165, 1.54) is 22.3 Å². The first-order valence-electron chi connectivity index (χ1n) is 13.4. The quantitative estimate of drug-likeness (QED) is 0.273. The molecule has 5 rings (SSSR count). The number of nitrogens with zero attached hydrogens (tertiary/aromatic N) is 2. The van der Waals surface area contributed by atoms with Gasteiger partial charge in [0.2, 0.25) is 0 Å². The van der Waals surface area contributed by atoms with Crippen LogP contribution in [0.3, 0.4) is 0 Å². The summed E-state index contributed by atoms with van der Waals surface area (Å²) < 4.78 is 1.08. The van der Waals surface area contributed by atoms with E-state index in [9.17, 15) is 0 Å². The maximum absolute atomic E-state index is 2.68. The normalized spacial score (nSPS) is 15.6. The van der Waals surface area contributed by atoms with E-state index >= 15 is 0 Å². The molecular formula is C35H37BrN2. The molecule has 0 atom stereocenters. The molecule has 0 amide bonds. The van der Waals surface area contributed by atoms with Gasteiger partial charge >= 0.3 is 0 Å². The molecule has 0 radical (unpaired) electrons. The summed E-state index contributed by atoms with van der Waals surface area (Å²) in [4.78, 5) is 2.68. The third-order valence-corrected chi connectivity index (χ3v) is 7.52. The molecule has 0 aromatic heterocycles. The Hall–Kier alpha value is -3.24. The number of hydrogen-bond donors (Lipinski definition) is 0. The van der Waals surface area contributed by atoms with Crippen molar-refractivity contribution in [2.75, 3.05) is 39.3 Å². The van der Waals surface area contributed by atoms with Gasteiger partial charge in [-0.05, 0) is 34.4 Å². The van der Waals surface area contributed by atoms with Crippen LogP contribution in [0.25, 0.3) is 12.2 Å². The monoisotopic (exact) mass is 564 g/mol. The van der Waals surface area contributed by atoms with E-state index in [-0.39, 0.29) is 17.0 Å². The van der Waals surface area contributed by atoms with Gasteiger partial charge in [0, 0.05) is 13.1 Å². The molecule has 3 heteroatoms. The molecule has 1 heterocycles. The second kappa shape index (κ2) is 14.1. The molecule has 1 aliphatic heterocycles. The molecule has 0 aliphatic carbocycles. The van der Waals surface area contributed by atoms with Crippen LogP contribution in [0.5, 0.6) is 0 Å². The van der Waals surface area contributed by atoms with Gasteiger partial charge in [0.15, 0.2) is 0 Å². The summed E-state index contributed by atoms with van der Waals surface area (Å²) in [7, 11) is 0. The third-order valence-electron chi connectivity index (χ3n) is 7.52. The SMILES string of the molecule is C(=Cc1ccccc1)C[N+]1(CC=Cc2ccccc2)CCN(C(c2ccccc2)c2ccccc2)CC1.[Br-]. The van der Waals surface area contributed by atoms with Gasteiger partial charge in [-0.2, -0.15) is 0 Å². The Labute approximate surface area is 238 Å². The van der Waals surface area contributed by atoms with Gasteiger partial charge in [0.25, 0.3) is 0 Å². The van der Waals surface area contributed by atoms with E-state index in [0.717, 1.165) is 43.8 Å². The zero-order valence-corrected chi connectivity index (χ0v) is 23.5. The predicted octanol–water partition coefficient (Wildman–Crippen LogP) is 4.34. The molecule has 4 aromatic rings. The number of quaternary nitrogens is 1. The Balaban J connectivity index is 0.00000336. The minimum Gasteiger partial charge on any atom is -1.00 e. The highest BCUT2D eigenvalue weighted by Crippen LogP contribution is 2.31. The largest absolute Gasteiger partial charge is 1.00 e. The number of halogens is 1. The van der Waals surface area contributed by atoms with Crippen LogP contribution < -0.4 is 17.0 Å². The molecular weight excluding hydrogens is 528 g/mol. The van der Waals surface area contributed by atoms with E-state index < -0.39 is 0 Å². The summed E-state index contributed by atoms with van der Waals surface area (Å²) in [5, 5.41) is 0. The van der Waals surface area contributed by atoms with E-state index in [0.29, 0.717) is 6.04 Å². The standard InChI is InChI=1S/C35H37N2.BrH/c1-5-15-31(16-6-1)19-13-27-37(28-14-20-32-17-7-2-8-18-32)29-25-36(26-30-37)35(33-21-9-3-10-22-33)34-23-11-4-12-24-34;/h1-24,35H,25-30H2;1H/q+1;/p-1. The van der Waals surface area contributed by atoms with Crippen molar-refractivity contribution >= 4 is 12.2 Å². The number of hydrogen-bond acceptors (Lipinski definition) is 1. The summed E-state index contributed by atoms with van der Waals surface area (Å²) in [5.74, 6) is 0. The molecule has 0 bridgehead atoms. The summed E-state index contributed by atoms with van der Waals surface area (Å²) in [6.45, 7) is 6.51. The fourth-order valence-corrected chi connectivity index (χ4v) is 5.44. The Kier molecular flexibility index (Phi) is 10.3. The molecule has 1 aliphatic rings. The Morgan fingerprint density at radius 3 is 1.32 bits per heavy atom. The third kappa shape index (κ3) is 7.41. The van der Waals surface area contributed by atoms with Crippen molar-refractivity contribution in [3.8, 4) is 0 Å². The van der Waals surface area contributed by atoms with E-state index in [1.807, 2.05) is 0 Å². The van der Waals surface area contributed by atoms with Crippen LogP contribution in [0.1, 0.15) is 28.3 Å². The minimum atomic E-state index is 0. The van der Waals surface area contributed by atoms with Crippen LogP contribution in [0, 0.1) is 0 Å². The van der Waals surface area contributed by atoms with Gasteiger partial charge in [-0.25, -0.2) is 0 Å². The Morgan fingerprint density at radius 2 is 0.921 bits per heavy atom. The van der Waals surface area contributed by atoms with Gasteiger partial charge in [-0.15, -0.1) is 0 Å². The number of rotatable bonds is 9. The first kappa shape index (κ1) is 27.8. The summed E-state index contributed by atoms with van der Waals surface area (Å²) in [6.07, 6.45) is 9.33. The van der Waals surface area contributed by atoms with Crippen LogP contribution >= 0.6 is 0 Å². The molecule has 0 spiro atoms. The topological polar surface area (TPSA) is 3.24 Å². The lowest BCUT2D eigenvalue weighted by Crippen LogP contribution is -3.00. The molecule has 2 nitrogen and oxygen atoms in total. The van der Waals surface area contributed by atoms with Gasteiger partial charge in [0.05, 0.1) is 32.2 Å². The van der Waals surface area contributed by atoms with Crippen molar-refractivity contribution in [3.63, 3.8) is 0 Å². The Morgan fingerprint density at radius 1 is 0.553 bits per heavy atom. The summed E-state index contributed by atoms with van der Waals surface area (Å²) in [6, 6.07) is 43.6. The fraction of sp³-hybridized carbons (Fsp3) is 0.200. The average molecular weight is 566 g/mol. The van der Waals surface area contributed by atoms with Crippen LogP contribution in [-0.2, 0) is 0 Å². The fourth-order valence-electron chi connectivity index (χ4n) is 5.44. The summed E-state index contributed by atoms with van der Waals surface area (Å²) in [5.41, 5.74) is 5.29. The van der Waals surface area contributed by atoms with Crippen molar-refractivity contribution in [2.24, 2.45) is 0 Å². The van der Waals surface area contributed by atoms with Gasteiger partial charge < -0.3 is 21.5 Å². The Bertz CT molecular complexity index is 1170. The van der Waals surface area contributed by atoms with Crippen molar-refractivity contribution in [1.82, 2.24) is 4.90 Å². The minimum absolute atomic E-state index is 0. The van der Waals surface area contributed by atoms with Gasteiger partial charge in [-0.3, -0.25) is 4.90 Å². The molecule has 38 heavy (non-hydrogen) atoms. The van der Waals surface area contributed by atoms with E-state index in [4.69, 9.17) is 0 Å². The lowest BCUT2D eigenvalue weighted by molar-refractivity contribution is -0.921. The van der Waals surface area contributed by atoms with Gasteiger partial charge in [-0.1, -0.05) is 133 Å². The average Bonchev–Trinajstić information content (AvgIpc) is 2.97. The molecule has 0 unspecified atom stereocenters. The molecule has 194 valence electrons. The van der Waals surface area contributed by atoms with Crippen molar-refractivity contribution in [3.05, 3.63) is 156 Å². The van der Waals surface area contributed by atoms with Crippen LogP contribution in [0.2, 0.25) is 0 Å². The summed E-state index contributed by atoms with van der Waals surface area (Å²) >= 11 is 0. The maximum atomic E-state index is 2.68. The van der Waals surface area contributed by atoms with Crippen LogP contribution in [0.4, 0.5) is 0 Å². The van der Waals surface area contributed by atoms with Crippen LogP contribution in [-0.4, -0.2) is 48.7 Å². The highest BCUT2D eigenvalue weighted by molar-refractivity contribution is 5.49. The second-order valence-corrected chi connectivity index (χ2v) is 10.0. The smallest absolute Gasteiger partial charge is 0.0980 e. The molecule has 1 saturated heterocycles. The molecule has 0 saturated carbocycles. The molecule has 1 fully saturated rings. The van der Waals surface area contributed by atoms with E-state index in [1.54, 1.807) is 0 Å². The molecule has 0 N–H and O–H groups in total. The second-order valence-electron chi connectivity index (χ2n) is 10.0. The first-order chi connectivity index (χ1) is 18.3. The highest BCUT2D eigenvalue weighted by Gasteiger charge is 2.34. The maximum Gasteiger partial charge on any atom is 0.0980 e. The lowest BCUT2D eigenvalue weighted by atomic mass is 9.96. The van der Waals surface area contributed by atoms with Crippen molar-refractivity contribution in [2.45, 2.75) is 6.04 Å². The van der Waals surface area contributed by atoms with Crippen molar-refractivity contribution < 1.29 is 21.5 Å². The van der Waals surface area contributed by atoms with Gasteiger partial charge in [0.1, 0.15) is 0 Å². The van der Waals surface area contributed by atoms with Crippen LogP contribution in [0.15, 0.2) is 133 Å². The first-order valence-corrected chi connectivity index (χ1v) is 13.4. The van der Waals surface area contributed by atoms with Crippen molar-refractivity contribution in [1.29, 1.82) is 0 Å². The highest BCUT2D eigenvalue weighted by atomic mass is 79.9.